The molecule has 0 saturated carbocycles. The number of carboxylic acids is 1. The lowest BCUT2D eigenvalue weighted by molar-refractivity contribution is -0.145. The second kappa shape index (κ2) is 7.00. The highest BCUT2D eigenvalue weighted by molar-refractivity contribution is 14.1. The molecular weight excluding hydrogens is 403 g/mol. The van der Waals surface area contributed by atoms with E-state index in [0.717, 1.165) is 19.9 Å². The standard InChI is InChI=1S/C19H15IO3/c20-16-8-5-13(6-9-16)11-18(19(21)22)23-17-10-7-14-3-1-2-4-15(14)12-17/h1-10,12,18H,11H2,(H,21,22)/t18-/m1/s1. The number of hydrogen-bond acceptors (Lipinski definition) is 2. The Balaban J connectivity index is 1.80. The molecule has 0 spiro atoms. The number of aliphatic carboxylic acids is 1. The van der Waals surface area contributed by atoms with Gasteiger partial charge in [0.25, 0.3) is 0 Å². The predicted octanol–water partition coefficient (Wildman–Crippen LogP) is 4.52. The summed E-state index contributed by atoms with van der Waals surface area (Å²) in [6.45, 7) is 0. The summed E-state index contributed by atoms with van der Waals surface area (Å²) >= 11 is 2.22. The van der Waals surface area contributed by atoms with Gasteiger partial charge in [-0.3, -0.25) is 0 Å². The Morgan fingerprint density at radius 1 is 1.00 bits per heavy atom. The van der Waals surface area contributed by atoms with Gasteiger partial charge in [-0.05, 0) is 63.2 Å². The van der Waals surface area contributed by atoms with Crippen molar-refractivity contribution in [3.8, 4) is 5.75 Å². The topological polar surface area (TPSA) is 46.5 Å². The maximum Gasteiger partial charge on any atom is 0.345 e. The summed E-state index contributed by atoms with van der Waals surface area (Å²) in [4.78, 5) is 11.5. The first-order chi connectivity index (χ1) is 11.1. The maximum atomic E-state index is 11.5. The molecule has 0 unspecified atom stereocenters. The van der Waals surface area contributed by atoms with Crippen LogP contribution < -0.4 is 4.74 Å². The molecule has 0 bridgehead atoms. The highest BCUT2D eigenvalue weighted by Crippen LogP contribution is 2.22. The van der Waals surface area contributed by atoms with E-state index < -0.39 is 12.1 Å². The molecule has 0 saturated heterocycles. The lowest BCUT2D eigenvalue weighted by atomic mass is 10.1. The molecule has 0 aromatic heterocycles. The first-order valence-corrected chi connectivity index (χ1v) is 8.32. The van der Waals surface area contributed by atoms with E-state index in [9.17, 15) is 9.90 Å². The van der Waals surface area contributed by atoms with Crippen LogP contribution in [0.25, 0.3) is 10.8 Å². The van der Waals surface area contributed by atoms with Crippen molar-refractivity contribution >= 4 is 39.3 Å². The number of carboxylic acid groups (broad SMARTS) is 1. The van der Waals surface area contributed by atoms with Gasteiger partial charge in [-0.25, -0.2) is 4.79 Å². The number of carbonyl (C=O) groups is 1. The van der Waals surface area contributed by atoms with Crippen LogP contribution in [0.5, 0.6) is 5.75 Å². The quantitative estimate of drug-likeness (QED) is 0.620. The van der Waals surface area contributed by atoms with E-state index >= 15 is 0 Å². The fourth-order valence-corrected chi connectivity index (χ4v) is 2.78. The molecule has 0 amide bonds. The highest BCUT2D eigenvalue weighted by atomic mass is 127. The van der Waals surface area contributed by atoms with Crippen LogP contribution in [0.1, 0.15) is 5.56 Å². The molecule has 23 heavy (non-hydrogen) atoms. The number of hydrogen-bond donors (Lipinski definition) is 1. The Morgan fingerprint density at radius 2 is 1.70 bits per heavy atom. The zero-order chi connectivity index (χ0) is 16.2. The zero-order valence-corrected chi connectivity index (χ0v) is 14.4. The molecule has 3 aromatic carbocycles. The van der Waals surface area contributed by atoms with Gasteiger partial charge in [0.1, 0.15) is 5.75 Å². The van der Waals surface area contributed by atoms with Crippen LogP contribution in [0.2, 0.25) is 0 Å². The van der Waals surface area contributed by atoms with Gasteiger partial charge >= 0.3 is 5.97 Å². The number of ether oxygens (including phenoxy) is 1. The summed E-state index contributed by atoms with van der Waals surface area (Å²) in [6.07, 6.45) is -0.574. The molecule has 1 N–H and O–H groups in total. The van der Waals surface area contributed by atoms with Crippen molar-refractivity contribution in [2.24, 2.45) is 0 Å². The maximum absolute atomic E-state index is 11.5. The molecule has 1 atom stereocenters. The molecule has 3 aromatic rings. The zero-order valence-electron chi connectivity index (χ0n) is 12.3. The molecule has 0 aliphatic heterocycles. The molecule has 3 rings (SSSR count). The highest BCUT2D eigenvalue weighted by Gasteiger charge is 2.20. The number of fused-ring (bicyclic) bond motifs is 1. The van der Waals surface area contributed by atoms with Crippen LogP contribution in [0.15, 0.2) is 66.7 Å². The van der Waals surface area contributed by atoms with Gasteiger partial charge in [-0.15, -0.1) is 0 Å². The Labute approximate surface area is 148 Å². The minimum absolute atomic E-state index is 0.332. The lowest BCUT2D eigenvalue weighted by Crippen LogP contribution is -2.29. The molecule has 3 nitrogen and oxygen atoms in total. The van der Waals surface area contributed by atoms with Gasteiger partial charge < -0.3 is 9.84 Å². The smallest absolute Gasteiger partial charge is 0.345 e. The summed E-state index contributed by atoms with van der Waals surface area (Å²) in [7, 11) is 0. The van der Waals surface area contributed by atoms with E-state index in [1.165, 1.54) is 0 Å². The lowest BCUT2D eigenvalue weighted by Gasteiger charge is -2.16. The first kappa shape index (κ1) is 15.8. The fourth-order valence-electron chi connectivity index (χ4n) is 2.42. The second-order valence-electron chi connectivity index (χ2n) is 5.28. The van der Waals surface area contributed by atoms with Crippen LogP contribution in [0.3, 0.4) is 0 Å². The molecule has 116 valence electrons. The van der Waals surface area contributed by atoms with Crippen molar-refractivity contribution in [1.29, 1.82) is 0 Å². The summed E-state index contributed by atoms with van der Waals surface area (Å²) in [5.41, 5.74) is 0.943. The summed E-state index contributed by atoms with van der Waals surface area (Å²) in [5.74, 6) is -0.390. The van der Waals surface area contributed by atoms with Crippen molar-refractivity contribution in [3.63, 3.8) is 0 Å². The van der Waals surface area contributed by atoms with Crippen LogP contribution >= 0.6 is 22.6 Å². The van der Waals surface area contributed by atoms with E-state index in [2.05, 4.69) is 22.6 Å². The number of rotatable bonds is 5. The SMILES string of the molecule is O=C(O)[C@@H](Cc1ccc(I)cc1)Oc1ccc2ccccc2c1. The van der Waals surface area contributed by atoms with E-state index in [1.807, 2.05) is 66.7 Å². The van der Waals surface area contributed by atoms with Crippen LogP contribution in [0.4, 0.5) is 0 Å². The average Bonchev–Trinajstić information content (AvgIpc) is 2.56. The van der Waals surface area contributed by atoms with E-state index in [4.69, 9.17) is 4.74 Å². The average molecular weight is 418 g/mol. The Hall–Kier alpha value is -2.08. The van der Waals surface area contributed by atoms with E-state index in [0.29, 0.717) is 12.2 Å². The second-order valence-corrected chi connectivity index (χ2v) is 6.53. The molecule has 0 aliphatic rings. The summed E-state index contributed by atoms with van der Waals surface area (Å²) < 4.78 is 6.84. The summed E-state index contributed by atoms with van der Waals surface area (Å²) in [5, 5.41) is 11.6. The molecule has 0 radical (unpaired) electrons. The van der Waals surface area contributed by atoms with Crippen molar-refractivity contribution in [2.75, 3.05) is 0 Å². The van der Waals surface area contributed by atoms with Gasteiger partial charge in [0.2, 0.25) is 0 Å². The molecular formula is C19H15IO3. The fraction of sp³-hybridized carbons (Fsp3) is 0.105. The van der Waals surface area contributed by atoms with E-state index in [-0.39, 0.29) is 0 Å². The third-order valence-electron chi connectivity index (χ3n) is 3.61. The van der Waals surface area contributed by atoms with Gasteiger partial charge in [0.05, 0.1) is 0 Å². The Morgan fingerprint density at radius 3 is 2.39 bits per heavy atom. The van der Waals surface area contributed by atoms with Crippen molar-refractivity contribution in [2.45, 2.75) is 12.5 Å². The van der Waals surface area contributed by atoms with Crippen LogP contribution in [0, 0.1) is 3.57 Å². The number of halogens is 1. The van der Waals surface area contributed by atoms with Gasteiger partial charge in [-0.2, -0.15) is 0 Å². The molecule has 0 aliphatic carbocycles. The molecule has 4 heteroatoms. The third-order valence-corrected chi connectivity index (χ3v) is 4.33. The van der Waals surface area contributed by atoms with Gasteiger partial charge in [0, 0.05) is 9.99 Å². The molecule has 0 fully saturated rings. The first-order valence-electron chi connectivity index (χ1n) is 7.24. The van der Waals surface area contributed by atoms with Crippen LogP contribution in [-0.4, -0.2) is 17.2 Å². The van der Waals surface area contributed by atoms with Crippen molar-refractivity contribution in [1.82, 2.24) is 0 Å². The largest absolute Gasteiger partial charge is 0.478 e. The minimum atomic E-state index is -0.961. The minimum Gasteiger partial charge on any atom is -0.478 e. The van der Waals surface area contributed by atoms with Crippen molar-refractivity contribution < 1.29 is 14.6 Å². The monoisotopic (exact) mass is 418 g/mol. The van der Waals surface area contributed by atoms with E-state index in [1.54, 1.807) is 0 Å². The van der Waals surface area contributed by atoms with Crippen molar-refractivity contribution in [3.05, 3.63) is 75.9 Å². The molecule has 0 heterocycles. The van der Waals surface area contributed by atoms with Crippen LogP contribution in [-0.2, 0) is 11.2 Å². The van der Waals surface area contributed by atoms with Gasteiger partial charge in [-0.1, -0.05) is 42.5 Å². The Kier molecular flexibility index (Phi) is 4.81. The number of benzene rings is 3. The predicted molar refractivity (Wildman–Crippen MR) is 98.9 cm³/mol. The summed E-state index contributed by atoms with van der Waals surface area (Å²) in [6, 6.07) is 21.3. The van der Waals surface area contributed by atoms with Gasteiger partial charge in [0.15, 0.2) is 6.10 Å². The third kappa shape index (κ3) is 4.01. The Bertz CT molecular complexity index is 827. The normalized spacial score (nSPS) is 12.0.